The highest BCUT2D eigenvalue weighted by Crippen LogP contribution is 2.30. The second kappa shape index (κ2) is 12.0. The van der Waals surface area contributed by atoms with Gasteiger partial charge in [0.25, 0.3) is 0 Å². The minimum Gasteiger partial charge on any atom is -0.378 e. The van der Waals surface area contributed by atoms with Crippen LogP contribution in [0.3, 0.4) is 0 Å². The van der Waals surface area contributed by atoms with Gasteiger partial charge in [-0.15, -0.1) is 0 Å². The number of hydrogen-bond donors (Lipinski definition) is 3. The third kappa shape index (κ3) is 6.54. The SMILES string of the molecule is C=CC(=O)Nc1ccc(CC(=O)C2C=C(c3cc(-c4cnc(N)nc4)nc(N4CCOCC4)c3)CCN2)cc1. The van der Waals surface area contributed by atoms with Crippen molar-refractivity contribution in [2.45, 2.75) is 18.9 Å². The van der Waals surface area contributed by atoms with Crippen LogP contribution in [0.1, 0.15) is 17.5 Å². The lowest BCUT2D eigenvalue weighted by molar-refractivity contribution is -0.119. The minimum atomic E-state index is -0.405. The molecule has 4 heterocycles. The molecule has 0 spiro atoms. The highest BCUT2D eigenvalue weighted by Gasteiger charge is 2.23. The van der Waals surface area contributed by atoms with Crippen molar-refractivity contribution in [3.05, 3.63) is 78.6 Å². The Hall–Kier alpha value is -4.41. The van der Waals surface area contributed by atoms with E-state index in [1.807, 2.05) is 24.3 Å². The van der Waals surface area contributed by atoms with E-state index in [2.05, 4.69) is 38.1 Å². The first-order chi connectivity index (χ1) is 19.0. The zero-order valence-corrected chi connectivity index (χ0v) is 21.6. The van der Waals surface area contributed by atoms with Crippen molar-refractivity contribution in [1.29, 1.82) is 0 Å². The maximum absolute atomic E-state index is 13.2. The number of nitrogen functional groups attached to an aromatic ring is 1. The van der Waals surface area contributed by atoms with Gasteiger partial charge in [-0.2, -0.15) is 0 Å². The number of pyridine rings is 1. The Balaban J connectivity index is 1.38. The Kier molecular flexibility index (Phi) is 8.04. The Morgan fingerprint density at radius 1 is 1.13 bits per heavy atom. The monoisotopic (exact) mass is 525 g/mol. The number of morpholine rings is 1. The molecule has 5 rings (SSSR count). The van der Waals surface area contributed by atoms with Crippen molar-refractivity contribution in [3.63, 3.8) is 0 Å². The summed E-state index contributed by atoms with van der Waals surface area (Å²) in [6.07, 6.45) is 7.65. The van der Waals surface area contributed by atoms with Gasteiger partial charge in [0, 0.05) is 49.7 Å². The molecule has 2 aromatic heterocycles. The van der Waals surface area contributed by atoms with Crippen molar-refractivity contribution in [2.75, 3.05) is 48.8 Å². The second-order valence-corrected chi connectivity index (χ2v) is 9.44. The molecular weight excluding hydrogens is 494 g/mol. The number of carbonyl (C=O) groups excluding carboxylic acids is 2. The predicted octanol–water partition coefficient (Wildman–Crippen LogP) is 2.64. The number of nitrogens with two attached hydrogens (primary N) is 1. The molecule has 4 N–H and O–H groups in total. The number of carbonyl (C=O) groups is 2. The number of nitrogens with zero attached hydrogens (tertiary/aromatic N) is 4. The summed E-state index contributed by atoms with van der Waals surface area (Å²) in [5.74, 6) is 0.864. The quantitative estimate of drug-likeness (QED) is 0.379. The average Bonchev–Trinajstić information content (AvgIpc) is 2.98. The van der Waals surface area contributed by atoms with Crippen molar-refractivity contribution < 1.29 is 14.3 Å². The van der Waals surface area contributed by atoms with Crippen LogP contribution in [-0.2, 0) is 20.7 Å². The van der Waals surface area contributed by atoms with Crippen LogP contribution in [0.25, 0.3) is 16.8 Å². The van der Waals surface area contributed by atoms with E-state index < -0.39 is 6.04 Å². The van der Waals surface area contributed by atoms with Gasteiger partial charge in [-0.25, -0.2) is 15.0 Å². The number of ether oxygens (including phenoxy) is 1. The van der Waals surface area contributed by atoms with Gasteiger partial charge in [-0.05, 0) is 53.5 Å². The highest BCUT2D eigenvalue weighted by atomic mass is 16.5. The number of ketones is 1. The van der Waals surface area contributed by atoms with Crippen LogP contribution in [0.15, 0.2) is 67.5 Å². The summed E-state index contributed by atoms with van der Waals surface area (Å²) >= 11 is 0. The molecule has 10 nitrogen and oxygen atoms in total. The molecule has 10 heteroatoms. The van der Waals surface area contributed by atoms with Crippen LogP contribution in [0.5, 0.6) is 0 Å². The number of rotatable bonds is 8. The fourth-order valence-electron chi connectivity index (χ4n) is 4.64. The summed E-state index contributed by atoms with van der Waals surface area (Å²) in [7, 11) is 0. The third-order valence-electron chi connectivity index (χ3n) is 6.74. The molecule has 1 amide bonds. The van der Waals surface area contributed by atoms with Crippen molar-refractivity contribution in [2.24, 2.45) is 0 Å². The van der Waals surface area contributed by atoms with Crippen molar-refractivity contribution in [1.82, 2.24) is 20.3 Å². The molecule has 0 saturated carbocycles. The van der Waals surface area contributed by atoms with Gasteiger partial charge in [-0.3, -0.25) is 9.59 Å². The maximum Gasteiger partial charge on any atom is 0.247 e. The molecule has 1 aromatic carbocycles. The van der Waals surface area contributed by atoms with E-state index in [4.69, 9.17) is 15.5 Å². The van der Waals surface area contributed by atoms with Crippen LogP contribution < -0.4 is 21.3 Å². The molecule has 0 radical (unpaired) electrons. The number of hydrogen-bond acceptors (Lipinski definition) is 9. The summed E-state index contributed by atoms with van der Waals surface area (Å²) < 4.78 is 5.53. The van der Waals surface area contributed by atoms with E-state index >= 15 is 0 Å². The summed E-state index contributed by atoms with van der Waals surface area (Å²) in [5.41, 5.74) is 10.9. The molecule has 3 aromatic rings. The number of nitrogens with one attached hydrogen (secondary N) is 2. The molecule has 1 atom stereocenters. The van der Waals surface area contributed by atoms with E-state index in [1.54, 1.807) is 24.5 Å². The number of aromatic nitrogens is 3. The minimum absolute atomic E-state index is 0.0738. The van der Waals surface area contributed by atoms with E-state index in [0.29, 0.717) is 25.4 Å². The highest BCUT2D eigenvalue weighted by molar-refractivity contribution is 5.99. The first-order valence-corrected chi connectivity index (χ1v) is 12.9. The maximum atomic E-state index is 13.2. The van der Waals surface area contributed by atoms with Gasteiger partial charge in [0.2, 0.25) is 11.9 Å². The van der Waals surface area contributed by atoms with E-state index in [9.17, 15) is 9.59 Å². The lowest BCUT2D eigenvalue weighted by Gasteiger charge is -2.29. The van der Waals surface area contributed by atoms with Gasteiger partial charge < -0.3 is 26.0 Å². The predicted molar refractivity (Wildman–Crippen MR) is 151 cm³/mol. The van der Waals surface area contributed by atoms with Gasteiger partial charge >= 0.3 is 0 Å². The largest absolute Gasteiger partial charge is 0.378 e. The third-order valence-corrected chi connectivity index (χ3v) is 6.74. The summed E-state index contributed by atoms with van der Waals surface area (Å²) in [6.45, 7) is 6.95. The molecule has 1 unspecified atom stereocenters. The lowest BCUT2D eigenvalue weighted by atomic mass is 9.93. The standard InChI is InChI=1S/C29H31N7O3/c1-2-28(38)34-23-5-3-19(4-6-23)13-26(37)25-14-20(7-8-31-25)21-15-24(22-17-32-29(30)33-18-22)35-27(16-21)36-9-11-39-12-10-36/h2-6,14-18,25,31H,1,7-13H2,(H,34,38)(H2,30,32,33). The normalized spacial score (nSPS) is 17.3. The Morgan fingerprint density at radius 3 is 2.59 bits per heavy atom. The molecule has 2 aliphatic heterocycles. The lowest BCUT2D eigenvalue weighted by Crippen LogP contribution is -2.39. The van der Waals surface area contributed by atoms with Crippen LogP contribution >= 0.6 is 0 Å². The molecule has 1 saturated heterocycles. The van der Waals surface area contributed by atoms with Crippen LogP contribution in [0, 0.1) is 0 Å². The number of anilines is 3. The van der Waals surface area contributed by atoms with Crippen molar-refractivity contribution in [3.8, 4) is 11.3 Å². The van der Waals surface area contributed by atoms with Gasteiger partial charge in [0.15, 0.2) is 5.78 Å². The smallest absolute Gasteiger partial charge is 0.247 e. The average molecular weight is 526 g/mol. The van der Waals surface area contributed by atoms with E-state index in [1.165, 1.54) is 6.08 Å². The molecular formula is C29H31N7O3. The molecule has 2 aliphatic rings. The van der Waals surface area contributed by atoms with Crippen LogP contribution in [-0.4, -0.2) is 65.5 Å². The zero-order chi connectivity index (χ0) is 27.2. The second-order valence-electron chi connectivity index (χ2n) is 9.44. The Morgan fingerprint density at radius 2 is 1.87 bits per heavy atom. The van der Waals surface area contributed by atoms with Gasteiger partial charge in [-0.1, -0.05) is 24.8 Å². The molecule has 0 aliphatic carbocycles. The van der Waals surface area contributed by atoms with E-state index in [0.717, 1.165) is 53.3 Å². The molecule has 39 heavy (non-hydrogen) atoms. The summed E-state index contributed by atoms with van der Waals surface area (Å²) in [4.78, 5) is 40.1. The first-order valence-electron chi connectivity index (χ1n) is 12.9. The molecule has 1 fully saturated rings. The summed E-state index contributed by atoms with van der Waals surface area (Å²) in [5, 5.41) is 6.06. The molecule has 0 bridgehead atoms. The molecule has 200 valence electrons. The Bertz CT molecular complexity index is 1380. The fourth-order valence-corrected chi connectivity index (χ4v) is 4.64. The first kappa shape index (κ1) is 26.2. The van der Waals surface area contributed by atoms with Crippen LogP contribution in [0.2, 0.25) is 0 Å². The van der Waals surface area contributed by atoms with Crippen molar-refractivity contribution >= 4 is 34.7 Å². The fraction of sp³-hybridized carbons (Fsp3) is 0.276. The summed E-state index contributed by atoms with van der Waals surface area (Å²) in [6, 6.07) is 11.0. The van der Waals surface area contributed by atoms with Gasteiger partial charge in [0.1, 0.15) is 5.82 Å². The van der Waals surface area contributed by atoms with Crippen LogP contribution in [0.4, 0.5) is 17.5 Å². The number of amides is 1. The van der Waals surface area contributed by atoms with Gasteiger partial charge in [0.05, 0.1) is 24.9 Å². The number of benzene rings is 1. The number of Topliss-reactive ketones (excluding diaryl/α,β-unsaturated/α-hetero) is 1. The Labute approximate surface area is 227 Å². The zero-order valence-electron chi connectivity index (χ0n) is 21.6. The topological polar surface area (TPSA) is 135 Å². The van der Waals surface area contributed by atoms with E-state index in [-0.39, 0.29) is 24.1 Å².